The van der Waals surface area contributed by atoms with Gasteiger partial charge in [-0.15, -0.1) is 0 Å². The van der Waals surface area contributed by atoms with E-state index < -0.39 is 47.9 Å². The van der Waals surface area contributed by atoms with Gasteiger partial charge in [-0.3, -0.25) is 14.4 Å². The fraction of sp³-hybridized carbons (Fsp3) is 0.571. The summed E-state index contributed by atoms with van der Waals surface area (Å²) in [5.74, 6) is -2.87. The summed E-state index contributed by atoms with van der Waals surface area (Å²) < 4.78 is 0. The number of aromatic amines is 1. The van der Waals surface area contributed by atoms with Gasteiger partial charge in [0.15, 0.2) is 0 Å². The third-order valence-electron chi connectivity index (χ3n) is 6.60. The number of unbranched alkanes of at least 4 members (excludes halogenated alkanes) is 1. The molecule has 2 aromatic rings. The van der Waals surface area contributed by atoms with E-state index in [2.05, 4.69) is 20.9 Å². The van der Waals surface area contributed by atoms with Crippen LogP contribution in [0.2, 0.25) is 0 Å². The molecule has 0 bridgehead atoms. The van der Waals surface area contributed by atoms with Crippen molar-refractivity contribution in [1.82, 2.24) is 20.9 Å². The summed E-state index contributed by atoms with van der Waals surface area (Å²) in [7, 11) is 0. The van der Waals surface area contributed by atoms with Gasteiger partial charge in [-0.1, -0.05) is 45.9 Å². The van der Waals surface area contributed by atoms with Crippen LogP contribution in [-0.2, 0) is 25.6 Å². The second-order valence-corrected chi connectivity index (χ2v) is 10.8. The molecule has 39 heavy (non-hydrogen) atoms. The van der Waals surface area contributed by atoms with Crippen LogP contribution in [0.15, 0.2) is 30.5 Å². The number of hydrogen-bond acceptors (Lipinski definition) is 6. The lowest BCUT2D eigenvalue weighted by Crippen LogP contribution is -2.59. The van der Waals surface area contributed by atoms with Gasteiger partial charge in [0.05, 0.1) is 6.04 Å². The molecule has 0 spiro atoms. The number of aliphatic carboxylic acids is 1. The smallest absolute Gasteiger partial charge is 0.326 e. The van der Waals surface area contributed by atoms with Crippen molar-refractivity contribution in [2.75, 3.05) is 6.54 Å². The first-order valence-electron chi connectivity index (χ1n) is 13.6. The van der Waals surface area contributed by atoms with Gasteiger partial charge in [0.2, 0.25) is 17.7 Å². The van der Waals surface area contributed by atoms with E-state index in [1.807, 2.05) is 38.1 Å². The van der Waals surface area contributed by atoms with Crippen molar-refractivity contribution in [3.8, 4) is 0 Å². The van der Waals surface area contributed by atoms with E-state index in [-0.39, 0.29) is 24.7 Å². The average Bonchev–Trinajstić information content (AvgIpc) is 3.28. The Hall–Kier alpha value is -3.44. The molecule has 3 amide bonds. The Morgan fingerprint density at radius 2 is 1.59 bits per heavy atom. The monoisotopic (exact) mass is 544 g/mol. The number of amides is 3. The second-order valence-electron chi connectivity index (χ2n) is 10.8. The molecule has 9 N–H and O–H groups in total. The summed E-state index contributed by atoms with van der Waals surface area (Å²) in [6.45, 7) is 7.89. The molecule has 4 unspecified atom stereocenters. The third-order valence-corrected chi connectivity index (χ3v) is 6.60. The molecule has 0 aliphatic carbocycles. The van der Waals surface area contributed by atoms with Gasteiger partial charge in [0, 0.05) is 23.5 Å². The minimum atomic E-state index is -1.16. The molecule has 1 aromatic heterocycles. The summed E-state index contributed by atoms with van der Waals surface area (Å²) in [6, 6.07) is 3.64. The van der Waals surface area contributed by atoms with Crippen LogP contribution in [-0.4, -0.2) is 64.5 Å². The lowest BCUT2D eigenvalue weighted by Gasteiger charge is -2.27. The molecule has 0 saturated heterocycles. The molecule has 1 aromatic carbocycles. The highest BCUT2D eigenvalue weighted by molar-refractivity contribution is 5.95. The normalized spacial score (nSPS) is 14.6. The van der Waals surface area contributed by atoms with E-state index in [1.54, 1.807) is 20.0 Å². The van der Waals surface area contributed by atoms with E-state index in [4.69, 9.17) is 11.5 Å². The van der Waals surface area contributed by atoms with Crippen molar-refractivity contribution >= 4 is 34.6 Å². The number of fused-ring (bicyclic) bond motifs is 1. The number of H-pyrrole nitrogens is 1. The number of para-hydroxylation sites is 1. The van der Waals surface area contributed by atoms with Crippen LogP contribution in [0.25, 0.3) is 10.9 Å². The number of nitrogens with two attached hydrogens (primary N) is 2. The molecule has 0 saturated carbocycles. The highest BCUT2D eigenvalue weighted by Crippen LogP contribution is 2.19. The molecule has 0 fully saturated rings. The van der Waals surface area contributed by atoms with E-state index in [9.17, 15) is 24.3 Å². The zero-order chi connectivity index (χ0) is 29.1. The van der Waals surface area contributed by atoms with Gasteiger partial charge in [0.1, 0.15) is 18.1 Å². The topological polar surface area (TPSA) is 192 Å². The molecule has 2 rings (SSSR count). The number of rotatable bonds is 16. The largest absolute Gasteiger partial charge is 0.480 e. The summed E-state index contributed by atoms with van der Waals surface area (Å²) in [6.07, 6.45) is 3.71. The maximum absolute atomic E-state index is 13.4. The predicted molar refractivity (Wildman–Crippen MR) is 151 cm³/mol. The van der Waals surface area contributed by atoms with Gasteiger partial charge in [-0.2, -0.15) is 0 Å². The Kier molecular flexibility index (Phi) is 12.4. The Bertz CT molecular complexity index is 1110. The first kappa shape index (κ1) is 31.8. The van der Waals surface area contributed by atoms with E-state index in [0.29, 0.717) is 25.8 Å². The number of aromatic nitrogens is 1. The quantitative estimate of drug-likeness (QED) is 0.155. The Morgan fingerprint density at radius 1 is 0.923 bits per heavy atom. The standard InChI is InChI=1S/C28H44N6O5/c1-16(2)13-20(30)25(35)34-24(17(3)4)27(37)33-23(14-18-15-31-21-10-6-5-9-19(18)21)26(36)32-22(28(38)39)11-7-8-12-29/h5-6,9-10,15-17,20,22-24,31H,7-8,11-14,29-30H2,1-4H3,(H,32,36)(H,33,37)(H,34,35)(H,38,39). The van der Waals surface area contributed by atoms with E-state index in [1.165, 1.54) is 0 Å². The van der Waals surface area contributed by atoms with Crippen LogP contribution in [0.1, 0.15) is 58.9 Å². The molecular formula is C28H44N6O5. The molecule has 216 valence electrons. The van der Waals surface area contributed by atoms with Gasteiger partial charge >= 0.3 is 5.97 Å². The molecule has 11 nitrogen and oxygen atoms in total. The highest BCUT2D eigenvalue weighted by Gasteiger charge is 2.32. The highest BCUT2D eigenvalue weighted by atomic mass is 16.4. The Morgan fingerprint density at radius 3 is 2.21 bits per heavy atom. The molecule has 11 heteroatoms. The van der Waals surface area contributed by atoms with Crippen LogP contribution >= 0.6 is 0 Å². The maximum atomic E-state index is 13.4. The third kappa shape index (κ3) is 9.67. The van der Waals surface area contributed by atoms with Crippen LogP contribution in [0.4, 0.5) is 0 Å². The number of benzene rings is 1. The number of carbonyl (C=O) groups is 4. The molecule has 4 atom stereocenters. The number of hydrogen-bond donors (Lipinski definition) is 7. The van der Waals surface area contributed by atoms with Crippen molar-refractivity contribution in [3.05, 3.63) is 36.0 Å². The second kappa shape index (κ2) is 15.2. The summed E-state index contributed by atoms with van der Waals surface area (Å²) in [5.41, 5.74) is 13.2. The number of carboxylic acid groups (broad SMARTS) is 1. The summed E-state index contributed by atoms with van der Waals surface area (Å²) >= 11 is 0. The zero-order valence-electron chi connectivity index (χ0n) is 23.3. The van der Waals surface area contributed by atoms with Gasteiger partial charge < -0.3 is 37.5 Å². The molecule has 1 heterocycles. The lowest BCUT2D eigenvalue weighted by molar-refractivity contribution is -0.142. The van der Waals surface area contributed by atoms with Crippen LogP contribution in [0.3, 0.4) is 0 Å². The van der Waals surface area contributed by atoms with Crippen molar-refractivity contribution in [3.63, 3.8) is 0 Å². The predicted octanol–water partition coefficient (Wildman–Crippen LogP) is 1.41. The fourth-order valence-electron chi connectivity index (χ4n) is 4.42. The van der Waals surface area contributed by atoms with Gasteiger partial charge in [-0.25, -0.2) is 4.79 Å². The van der Waals surface area contributed by atoms with Crippen molar-refractivity contribution < 1.29 is 24.3 Å². The first-order valence-corrected chi connectivity index (χ1v) is 13.6. The SMILES string of the molecule is CC(C)CC(N)C(=O)NC(C(=O)NC(Cc1c[nH]c2ccccc12)C(=O)NC(CCCCN)C(=O)O)C(C)C. The minimum Gasteiger partial charge on any atom is -0.480 e. The van der Waals surface area contributed by atoms with Crippen molar-refractivity contribution in [2.24, 2.45) is 23.3 Å². The van der Waals surface area contributed by atoms with E-state index in [0.717, 1.165) is 16.5 Å². The number of carboxylic acids is 1. The van der Waals surface area contributed by atoms with Gasteiger partial charge in [-0.05, 0) is 55.7 Å². The Labute approximate surface area is 229 Å². The average molecular weight is 545 g/mol. The summed E-state index contributed by atoms with van der Waals surface area (Å²) in [4.78, 5) is 54.5. The Balaban J connectivity index is 2.28. The molecule has 0 aliphatic heterocycles. The minimum absolute atomic E-state index is 0.113. The maximum Gasteiger partial charge on any atom is 0.326 e. The molecule has 0 aliphatic rings. The first-order chi connectivity index (χ1) is 18.4. The fourth-order valence-corrected chi connectivity index (χ4v) is 4.42. The number of nitrogens with one attached hydrogen (secondary N) is 4. The van der Waals surface area contributed by atoms with Crippen LogP contribution < -0.4 is 27.4 Å². The van der Waals surface area contributed by atoms with Crippen molar-refractivity contribution in [1.29, 1.82) is 0 Å². The van der Waals surface area contributed by atoms with Crippen molar-refractivity contribution in [2.45, 2.75) is 84.0 Å². The molecule has 0 radical (unpaired) electrons. The van der Waals surface area contributed by atoms with E-state index >= 15 is 0 Å². The van der Waals surface area contributed by atoms with Crippen LogP contribution in [0.5, 0.6) is 0 Å². The summed E-state index contributed by atoms with van der Waals surface area (Å²) in [5, 5.41) is 18.6. The molecular weight excluding hydrogens is 500 g/mol. The zero-order valence-corrected chi connectivity index (χ0v) is 23.3. The van der Waals surface area contributed by atoms with Crippen LogP contribution in [0, 0.1) is 11.8 Å². The van der Waals surface area contributed by atoms with Gasteiger partial charge in [0.25, 0.3) is 0 Å². The lowest BCUT2D eigenvalue weighted by atomic mass is 9.99. The number of carbonyl (C=O) groups excluding carboxylic acids is 3.